The number of fused-ring (bicyclic) bond motifs is 12. The number of hydrogen-bond donors (Lipinski definition) is 3. The third kappa shape index (κ3) is 4.17. The van der Waals surface area contributed by atoms with Crippen LogP contribution in [0.1, 0.15) is 22.3 Å². The molecular formula is C55H35N3. The smallest absolute Gasteiger partial charge is 0.0733 e. The zero-order valence-corrected chi connectivity index (χ0v) is 31.5. The average Bonchev–Trinajstić information content (AvgIpc) is 4.04. The highest BCUT2D eigenvalue weighted by atomic mass is 14.7. The largest absolute Gasteiger partial charge is 0.354 e. The Labute approximate surface area is 334 Å². The van der Waals surface area contributed by atoms with Crippen molar-refractivity contribution in [1.82, 2.24) is 15.0 Å². The Morgan fingerprint density at radius 3 is 1.21 bits per heavy atom. The van der Waals surface area contributed by atoms with Gasteiger partial charge in [0.25, 0.3) is 0 Å². The van der Waals surface area contributed by atoms with Gasteiger partial charge in [0.2, 0.25) is 0 Å². The molecule has 3 heterocycles. The normalized spacial score (nSPS) is 13.3. The number of para-hydroxylation sites is 6. The summed E-state index contributed by atoms with van der Waals surface area (Å²) in [6.45, 7) is 0. The third-order valence-electron chi connectivity index (χ3n) is 13.0. The summed E-state index contributed by atoms with van der Waals surface area (Å²) in [5.41, 5.74) is 18.7. The van der Waals surface area contributed by atoms with Crippen LogP contribution in [-0.4, -0.2) is 15.0 Å². The summed E-state index contributed by atoms with van der Waals surface area (Å²) in [7, 11) is 0. The average molecular weight is 738 g/mol. The number of hydrogen-bond acceptors (Lipinski definition) is 0. The van der Waals surface area contributed by atoms with Gasteiger partial charge in [-0.25, -0.2) is 0 Å². The van der Waals surface area contributed by atoms with Crippen molar-refractivity contribution in [2.24, 2.45) is 0 Å². The first-order chi connectivity index (χ1) is 28.8. The Hall–Kier alpha value is -7.62. The van der Waals surface area contributed by atoms with E-state index in [-0.39, 0.29) is 0 Å². The number of aromatic nitrogens is 3. The van der Waals surface area contributed by atoms with E-state index < -0.39 is 5.41 Å². The number of rotatable bonds is 4. The van der Waals surface area contributed by atoms with Crippen LogP contribution in [-0.2, 0) is 5.41 Å². The van der Waals surface area contributed by atoms with E-state index >= 15 is 0 Å². The molecule has 3 N–H and O–H groups in total. The van der Waals surface area contributed by atoms with Gasteiger partial charge in [-0.15, -0.1) is 0 Å². The minimum Gasteiger partial charge on any atom is -0.354 e. The second-order valence-corrected chi connectivity index (χ2v) is 15.8. The molecule has 0 saturated heterocycles. The summed E-state index contributed by atoms with van der Waals surface area (Å²) >= 11 is 0. The van der Waals surface area contributed by atoms with Crippen molar-refractivity contribution in [3.8, 4) is 33.4 Å². The van der Waals surface area contributed by atoms with Crippen LogP contribution in [0.15, 0.2) is 194 Å². The first-order valence-corrected chi connectivity index (χ1v) is 20.1. The van der Waals surface area contributed by atoms with Crippen molar-refractivity contribution in [1.29, 1.82) is 0 Å². The zero-order valence-electron chi connectivity index (χ0n) is 31.5. The molecule has 58 heavy (non-hydrogen) atoms. The van der Waals surface area contributed by atoms with E-state index in [1.54, 1.807) is 0 Å². The monoisotopic (exact) mass is 737 g/mol. The summed E-state index contributed by atoms with van der Waals surface area (Å²) in [5.74, 6) is 0. The van der Waals surface area contributed by atoms with Gasteiger partial charge in [-0.1, -0.05) is 164 Å². The molecule has 0 unspecified atom stereocenters. The molecule has 3 aromatic heterocycles. The lowest BCUT2D eigenvalue weighted by molar-refractivity contribution is 0.775. The van der Waals surface area contributed by atoms with Crippen molar-refractivity contribution in [3.63, 3.8) is 0 Å². The molecule has 0 spiro atoms. The Bertz CT molecular complexity index is 3470. The highest BCUT2D eigenvalue weighted by Crippen LogP contribution is 2.59. The summed E-state index contributed by atoms with van der Waals surface area (Å²) in [6, 6.07) is 71.8. The highest BCUT2D eigenvalue weighted by molar-refractivity contribution is 6.14. The number of H-pyrrole nitrogens is 3. The van der Waals surface area contributed by atoms with E-state index in [4.69, 9.17) is 0 Å². The van der Waals surface area contributed by atoms with E-state index in [9.17, 15) is 0 Å². The standard InChI is InChI=1S/C55H35N3/c1-2-13-35(14-3-1)55(48-23-12-22-43-40-17-6-9-26-51(40)58-54(43)48)46-29-27-33(36-18-10-20-41-38-15-4-7-24-49(38)56-52(36)41)31-44(46)45-32-34(28-30-47(45)55)37-19-11-21-42-39-16-5-8-25-50(39)57-53(37)42/h1-32,56-58H. The Morgan fingerprint density at radius 2 is 0.690 bits per heavy atom. The topological polar surface area (TPSA) is 47.4 Å². The van der Waals surface area contributed by atoms with Crippen LogP contribution in [0.4, 0.5) is 0 Å². The minimum atomic E-state index is -0.594. The number of benzene rings is 9. The molecule has 1 aliphatic rings. The van der Waals surface area contributed by atoms with Gasteiger partial charge < -0.3 is 15.0 Å². The van der Waals surface area contributed by atoms with Crippen LogP contribution in [0.3, 0.4) is 0 Å². The summed E-state index contributed by atoms with van der Waals surface area (Å²) < 4.78 is 0. The van der Waals surface area contributed by atoms with E-state index in [0.717, 1.165) is 16.6 Å². The molecule has 0 saturated carbocycles. The van der Waals surface area contributed by atoms with E-state index in [1.807, 2.05) is 0 Å². The minimum absolute atomic E-state index is 0.594. The van der Waals surface area contributed by atoms with Gasteiger partial charge in [0.1, 0.15) is 0 Å². The van der Waals surface area contributed by atoms with Gasteiger partial charge in [0.15, 0.2) is 0 Å². The van der Waals surface area contributed by atoms with Crippen LogP contribution in [0, 0.1) is 0 Å². The van der Waals surface area contributed by atoms with Gasteiger partial charge in [-0.05, 0) is 74.8 Å². The summed E-state index contributed by atoms with van der Waals surface area (Å²) in [6.07, 6.45) is 0. The second-order valence-electron chi connectivity index (χ2n) is 15.8. The van der Waals surface area contributed by atoms with Crippen molar-refractivity contribution in [3.05, 3.63) is 216 Å². The first-order valence-electron chi connectivity index (χ1n) is 20.1. The van der Waals surface area contributed by atoms with E-state index in [0.29, 0.717) is 0 Å². The van der Waals surface area contributed by atoms with Crippen molar-refractivity contribution in [2.75, 3.05) is 0 Å². The highest BCUT2D eigenvalue weighted by Gasteiger charge is 2.47. The van der Waals surface area contributed by atoms with Gasteiger partial charge >= 0.3 is 0 Å². The lowest BCUT2D eigenvalue weighted by atomic mass is 9.67. The van der Waals surface area contributed by atoms with Crippen LogP contribution < -0.4 is 0 Å². The molecule has 13 rings (SSSR count). The SMILES string of the molecule is c1ccc(C2(c3cccc4c3[nH]c3ccccc34)c3ccc(-c4cccc5c4[nH]c4ccccc45)cc3-c3cc(-c4cccc5c4[nH]c4ccccc45)ccc32)cc1. The summed E-state index contributed by atoms with van der Waals surface area (Å²) in [5, 5.41) is 7.46. The maximum atomic E-state index is 3.91. The molecular weight excluding hydrogens is 703 g/mol. The van der Waals surface area contributed by atoms with Crippen LogP contribution in [0.25, 0.3) is 98.8 Å². The van der Waals surface area contributed by atoms with E-state index in [1.165, 1.54) is 105 Å². The molecule has 0 atom stereocenters. The fraction of sp³-hybridized carbons (Fsp3) is 0.0182. The lowest BCUT2D eigenvalue weighted by Gasteiger charge is -2.34. The molecule has 0 bridgehead atoms. The maximum absolute atomic E-state index is 3.91. The van der Waals surface area contributed by atoms with Crippen LogP contribution in [0.5, 0.6) is 0 Å². The molecule has 0 aliphatic heterocycles. The van der Waals surface area contributed by atoms with Gasteiger partial charge in [-0.2, -0.15) is 0 Å². The molecule has 3 nitrogen and oxygen atoms in total. The molecule has 270 valence electrons. The molecule has 9 aromatic carbocycles. The molecule has 0 amide bonds. The Balaban J connectivity index is 1.14. The number of aromatic amines is 3. The van der Waals surface area contributed by atoms with Crippen LogP contribution in [0.2, 0.25) is 0 Å². The van der Waals surface area contributed by atoms with Crippen molar-refractivity contribution < 1.29 is 0 Å². The first kappa shape index (κ1) is 31.6. The second kappa shape index (κ2) is 11.7. The van der Waals surface area contributed by atoms with Crippen molar-refractivity contribution in [2.45, 2.75) is 5.41 Å². The van der Waals surface area contributed by atoms with Gasteiger partial charge in [0.05, 0.1) is 22.0 Å². The maximum Gasteiger partial charge on any atom is 0.0733 e. The Morgan fingerprint density at radius 1 is 0.276 bits per heavy atom. The lowest BCUT2D eigenvalue weighted by Crippen LogP contribution is -2.29. The van der Waals surface area contributed by atoms with Crippen molar-refractivity contribution >= 4 is 65.4 Å². The Kier molecular flexibility index (Phi) is 6.37. The van der Waals surface area contributed by atoms with Gasteiger partial charge in [0, 0.05) is 60.0 Å². The number of nitrogens with one attached hydrogen (secondary N) is 3. The summed E-state index contributed by atoms with van der Waals surface area (Å²) in [4.78, 5) is 11.5. The van der Waals surface area contributed by atoms with E-state index in [2.05, 4.69) is 209 Å². The predicted molar refractivity (Wildman–Crippen MR) is 243 cm³/mol. The third-order valence-corrected chi connectivity index (χ3v) is 13.0. The fourth-order valence-corrected chi connectivity index (χ4v) is 10.5. The van der Waals surface area contributed by atoms with Gasteiger partial charge in [-0.3, -0.25) is 0 Å². The zero-order chi connectivity index (χ0) is 38.0. The molecule has 12 aromatic rings. The van der Waals surface area contributed by atoms with Crippen LogP contribution >= 0.6 is 0 Å². The molecule has 0 fully saturated rings. The fourth-order valence-electron chi connectivity index (χ4n) is 10.5. The molecule has 3 heteroatoms. The molecule has 0 radical (unpaired) electrons. The quantitative estimate of drug-likeness (QED) is 0.161. The predicted octanol–water partition coefficient (Wildman–Crippen LogP) is 14.3. The molecule has 1 aliphatic carbocycles.